The summed E-state index contributed by atoms with van der Waals surface area (Å²) in [5.41, 5.74) is 2.27. The maximum Gasteiger partial charge on any atom is 0.165 e. The van der Waals surface area contributed by atoms with E-state index in [1.165, 1.54) is 25.0 Å². The highest BCUT2D eigenvalue weighted by atomic mass is 16.1. The molecule has 1 fully saturated rings. The van der Waals surface area contributed by atoms with Gasteiger partial charge in [0.15, 0.2) is 5.78 Å². The SMILES string of the molecule is CC1CCCC(C)N1n1ccc2c1CC(C)(C)CC2=O. The van der Waals surface area contributed by atoms with Crippen molar-refractivity contribution < 1.29 is 4.79 Å². The third kappa shape index (κ3) is 2.17. The number of piperidine rings is 1. The molecule has 0 radical (unpaired) electrons. The minimum absolute atomic E-state index is 0.0858. The molecule has 2 atom stereocenters. The molecule has 0 bridgehead atoms. The van der Waals surface area contributed by atoms with E-state index in [4.69, 9.17) is 0 Å². The first-order valence-electron chi connectivity index (χ1n) is 7.91. The molecule has 2 unspecified atom stereocenters. The van der Waals surface area contributed by atoms with E-state index in [-0.39, 0.29) is 5.41 Å². The van der Waals surface area contributed by atoms with Gasteiger partial charge in [-0.05, 0) is 51.0 Å². The van der Waals surface area contributed by atoms with E-state index < -0.39 is 0 Å². The molecule has 20 heavy (non-hydrogen) atoms. The molecular weight excluding hydrogens is 248 g/mol. The minimum Gasteiger partial charge on any atom is -0.308 e. The van der Waals surface area contributed by atoms with Crippen molar-refractivity contribution in [1.82, 2.24) is 4.68 Å². The molecule has 0 saturated carbocycles. The number of nitrogens with zero attached hydrogens (tertiary/aromatic N) is 2. The van der Waals surface area contributed by atoms with Crippen molar-refractivity contribution in [2.45, 2.75) is 71.9 Å². The molecule has 2 heterocycles. The van der Waals surface area contributed by atoms with E-state index in [9.17, 15) is 4.79 Å². The highest BCUT2D eigenvalue weighted by molar-refractivity contribution is 5.98. The van der Waals surface area contributed by atoms with Crippen LogP contribution >= 0.6 is 0 Å². The predicted octanol–water partition coefficient (Wildman–Crippen LogP) is 3.54. The predicted molar refractivity (Wildman–Crippen MR) is 81.9 cm³/mol. The van der Waals surface area contributed by atoms with Gasteiger partial charge in [0, 0.05) is 30.3 Å². The fourth-order valence-corrected chi connectivity index (χ4v) is 3.98. The van der Waals surface area contributed by atoms with Gasteiger partial charge in [0.25, 0.3) is 0 Å². The third-order valence-corrected chi connectivity index (χ3v) is 4.95. The van der Waals surface area contributed by atoms with E-state index in [0.717, 1.165) is 12.0 Å². The van der Waals surface area contributed by atoms with Gasteiger partial charge in [0.1, 0.15) is 0 Å². The second kappa shape index (κ2) is 4.64. The lowest BCUT2D eigenvalue weighted by atomic mass is 9.76. The smallest absolute Gasteiger partial charge is 0.165 e. The number of ketones is 1. The van der Waals surface area contributed by atoms with Gasteiger partial charge in [0.05, 0.1) is 5.69 Å². The molecule has 110 valence electrons. The van der Waals surface area contributed by atoms with Crippen molar-refractivity contribution in [1.29, 1.82) is 0 Å². The largest absolute Gasteiger partial charge is 0.308 e. The number of rotatable bonds is 1. The Morgan fingerprint density at radius 2 is 1.80 bits per heavy atom. The van der Waals surface area contributed by atoms with Crippen LogP contribution in [-0.4, -0.2) is 22.5 Å². The Labute approximate surface area is 121 Å². The Morgan fingerprint density at radius 1 is 1.15 bits per heavy atom. The van der Waals surface area contributed by atoms with Crippen LogP contribution in [0.25, 0.3) is 0 Å². The maximum atomic E-state index is 12.3. The quantitative estimate of drug-likeness (QED) is 0.782. The molecule has 0 aromatic carbocycles. The van der Waals surface area contributed by atoms with Gasteiger partial charge in [0.2, 0.25) is 0 Å². The van der Waals surface area contributed by atoms with Crippen LogP contribution in [0.2, 0.25) is 0 Å². The van der Waals surface area contributed by atoms with Crippen LogP contribution in [0.1, 0.15) is 69.4 Å². The molecule has 1 aliphatic heterocycles. The molecule has 2 aliphatic rings. The topological polar surface area (TPSA) is 25.2 Å². The summed E-state index contributed by atoms with van der Waals surface area (Å²) in [6.45, 7) is 9.01. The second-order valence-electron chi connectivity index (χ2n) is 7.47. The molecule has 1 aromatic heterocycles. The second-order valence-corrected chi connectivity index (χ2v) is 7.47. The van der Waals surface area contributed by atoms with Crippen LogP contribution < -0.4 is 5.01 Å². The van der Waals surface area contributed by atoms with Gasteiger partial charge in [-0.2, -0.15) is 0 Å². The van der Waals surface area contributed by atoms with Crippen LogP contribution in [0, 0.1) is 5.41 Å². The monoisotopic (exact) mass is 274 g/mol. The van der Waals surface area contributed by atoms with Crippen LogP contribution in [0.5, 0.6) is 0 Å². The summed E-state index contributed by atoms with van der Waals surface area (Å²) in [6, 6.07) is 3.13. The van der Waals surface area contributed by atoms with Gasteiger partial charge in [-0.1, -0.05) is 13.8 Å². The zero-order valence-electron chi connectivity index (χ0n) is 13.1. The zero-order valence-corrected chi connectivity index (χ0v) is 13.1. The summed E-state index contributed by atoms with van der Waals surface area (Å²) < 4.78 is 2.29. The molecular formula is C17H26N2O. The molecule has 0 N–H and O–H groups in total. The summed E-state index contributed by atoms with van der Waals surface area (Å²) in [7, 11) is 0. The number of hydrogen-bond donors (Lipinski definition) is 0. The molecule has 0 spiro atoms. The van der Waals surface area contributed by atoms with E-state index in [2.05, 4.69) is 43.6 Å². The standard InChI is InChI=1S/C17H26N2O/c1-12-6-5-7-13(2)19(12)18-9-8-14-15(18)10-17(3,4)11-16(14)20/h8-9,12-13H,5-7,10-11H2,1-4H3. The summed E-state index contributed by atoms with van der Waals surface area (Å²) >= 11 is 0. The Hall–Kier alpha value is -1.25. The lowest BCUT2D eigenvalue weighted by Crippen LogP contribution is -2.51. The molecule has 3 heteroatoms. The Morgan fingerprint density at radius 3 is 2.45 bits per heavy atom. The Kier molecular flexibility index (Phi) is 3.19. The van der Waals surface area contributed by atoms with E-state index in [1.54, 1.807) is 0 Å². The first kappa shape index (κ1) is 13.7. The number of fused-ring (bicyclic) bond motifs is 1. The molecule has 1 aliphatic carbocycles. The number of carbonyl (C=O) groups is 1. The van der Waals surface area contributed by atoms with Gasteiger partial charge in [-0.25, -0.2) is 0 Å². The normalized spacial score (nSPS) is 29.4. The average Bonchev–Trinajstić information content (AvgIpc) is 2.71. The van der Waals surface area contributed by atoms with Crippen LogP contribution in [0.15, 0.2) is 12.3 Å². The lowest BCUT2D eigenvalue weighted by molar-refractivity contribution is 0.0909. The van der Waals surface area contributed by atoms with Crippen molar-refractivity contribution >= 4 is 5.78 Å². The average molecular weight is 274 g/mol. The number of Topliss-reactive ketones (excluding diaryl/α,β-unsaturated/α-hetero) is 1. The van der Waals surface area contributed by atoms with Crippen molar-refractivity contribution in [3.63, 3.8) is 0 Å². The first-order chi connectivity index (χ1) is 9.39. The van der Waals surface area contributed by atoms with Crippen molar-refractivity contribution in [3.05, 3.63) is 23.5 Å². The van der Waals surface area contributed by atoms with Gasteiger partial charge in [-0.15, -0.1) is 0 Å². The number of carbonyl (C=O) groups excluding carboxylic acids is 1. The third-order valence-electron chi connectivity index (χ3n) is 4.95. The fraction of sp³-hybridized carbons (Fsp3) is 0.706. The van der Waals surface area contributed by atoms with E-state index in [1.807, 2.05) is 6.07 Å². The van der Waals surface area contributed by atoms with Crippen molar-refractivity contribution in [2.75, 3.05) is 5.01 Å². The van der Waals surface area contributed by atoms with Crippen LogP contribution in [0.3, 0.4) is 0 Å². The maximum absolute atomic E-state index is 12.3. The van der Waals surface area contributed by atoms with Crippen LogP contribution in [0.4, 0.5) is 0 Å². The number of aromatic nitrogens is 1. The molecule has 3 nitrogen and oxygen atoms in total. The zero-order chi connectivity index (χ0) is 14.5. The fourth-order valence-electron chi connectivity index (χ4n) is 3.98. The Balaban J connectivity index is 2.02. The summed E-state index contributed by atoms with van der Waals surface area (Å²) in [6.07, 6.45) is 7.59. The highest BCUT2D eigenvalue weighted by Crippen LogP contribution is 2.36. The molecule has 0 amide bonds. The minimum atomic E-state index is 0.0858. The van der Waals surface area contributed by atoms with Crippen LogP contribution in [-0.2, 0) is 6.42 Å². The summed E-state index contributed by atoms with van der Waals surface area (Å²) in [4.78, 5) is 12.3. The van der Waals surface area contributed by atoms with E-state index >= 15 is 0 Å². The van der Waals surface area contributed by atoms with Gasteiger partial charge in [-0.3, -0.25) is 9.47 Å². The number of hydrogen-bond acceptors (Lipinski definition) is 2. The summed E-state index contributed by atoms with van der Waals surface area (Å²) in [5.74, 6) is 0.312. The van der Waals surface area contributed by atoms with Crippen molar-refractivity contribution in [3.8, 4) is 0 Å². The molecule has 1 saturated heterocycles. The lowest BCUT2D eigenvalue weighted by Gasteiger charge is -2.43. The molecule has 1 aromatic rings. The summed E-state index contributed by atoms with van der Waals surface area (Å²) in [5, 5.41) is 2.48. The highest BCUT2D eigenvalue weighted by Gasteiger charge is 2.35. The van der Waals surface area contributed by atoms with Gasteiger partial charge < -0.3 is 5.01 Å². The Bertz CT molecular complexity index is 519. The van der Waals surface area contributed by atoms with E-state index in [0.29, 0.717) is 24.3 Å². The van der Waals surface area contributed by atoms with Crippen molar-refractivity contribution in [2.24, 2.45) is 5.41 Å². The first-order valence-corrected chi connectivity index (χ1v) is 7.91. The van der Waals surface area contributed by atoms with Gasteiger partial charge >= 0.3 is 0 Å². The molecule has 3 rings (SSSR count).